The van der Waals surface area contributed by atoms with E-state index in [9.17, 15) is 0 Å². The molecule has 0 saturated carbocycles. The van der Waals surface area contributed by atoms with Gasteiger partial charge in [0.15, 0.2) is 0 Å². The summed E-state index contributed by atoms with van der Waals surface area (Å²) < 4.78 is 0. The second-order valence-corrected chi connectivity index (χ2v) is 1.91. The van der Waals surface area contributed by atoms with Crippen LogP contribution in [0.1, 0.15) is 39.0 Å². The molecule has 1 radical (unpaired) electrons. The van der Waals surface area contributed by atoms with Crippen LogP contribution in [-0.2, 0) is 0 Å². The van der Waals surface area contributed by atoms with Gasteiger partial charge in [-0.1, -0.05) is 46.0 Å². The van der Waals surface area contributed by atoms with Gasteiger partial charge in [0.05, 0.1) is 0 Å². The standard InChI is InChI=1S/C7H15.Li.H/c1-3-5-7-6-4-2;;/h1,3-7H2,2H3;;. The third-order valence-corrected chi connectivity index (χ3v) is 1.10. The summed E-state index contributed by atoms with van der Waals surface area (Å²) in [4.78, 5) is 0. The van der Waals surface area contributed by atoms with Crippen molar-refractivity contribution in [2.45, 2.75) is 39.0 Å². The molecule has 0 heterocycles. The van der Waals surface area contributed by atoms with Crippen molar-refractivity contribution in [2.24, 2.45) is 0 Å². The zero-order chi connectivity index (χ0) is 5.54. The van der Waals surface area contributed by atoms with Gasteiger partial charge in [-0.05, 0) is 0 Å². The molecule has 0 aliphatic carbocycles. The molecule has 0 spiro atoms. The van der Waals surface area contributed by atoms with Crippen LogP contribution in [0.2, 0.25) is 0 Å². The number of rotatable bonds is 4. The van der Waals surface area contributed by atoms with Crippen LogP contribution >= 0.6 is 0 Å². The SMILES string of the molecule is [CH2]CCCCCC.[LiH]. The zero-order valence-corrected chi connectivity index (χ0v) is 5.24. The first-order valence-corrected chi connectivity index (χ1v) is 3.21. The van der Waals surface area contributed by atoms with Gasteiger partial charge in [0.2, 0.25) is 0 Å². The van der Waals surface area contributed by atoms with E-state index in [0.29, 0.717) is 0 Å². The van der Waals surface area contributed by atoms with Gasteiger partial charge < -0.3 is 0 Å². The van der Waals surface area contributed by atoms with E-state index in [-0.39, 0.29) is 18.9 Å². The van der Waals surface area contributed by atoms with Crippen LogP contribution in [0.4, 0.5) is 0 Å². The Kier molecular flexibility index (Phi) is 15.0. The Hall–Kier alpha value is 0.597. The fourth-order valence-electron chi connectivity index (χ4n) is 0.604. The molecule has 0 bridgehead atoms. The monoisotopic (exact) mass is 107 g/mol. The molecule has 45 valence electrons. The molecule has 0 aromatic rings. The summed E-state index contributed by atoms with van der Waals surface area (Å²) in [6.45, 7) is 5.98. The van der Waals surface area contributed by atoms with Gasteiger partial charge >= 0.3 is 18.9 Å². The summed E-state index contributed by atoms with van der Waals surface area (Å²) in [7, 11) is 0. The molecule has 1 heteroatoms. The Labute approximate surface area is 65.2 Å². The van der Waals surface area contributed by atoms with Crippen molar-refractivity contribution in [3.05, 3.63) is 6.92 Å². The van der Waals surface area contributed by atoms with Crippen molar-refractivity contribution >= 4 is 18.9 Å². The van der Waals surface area contributed by atoms with Crippen LogP contribution in [-0.4, -0.2) is 18.9 Å². The predicted molar refractivity (Wildman–Crippen MR) is 41.3 cm³/mol. The minimum absolute atomic E-state index is 0. The molecule has 0 N–H and O–H groups in total. The second kappa shape index (κ2) is 10.6. The van der Waals surface area contributed by atoms with Gasteiger partial charge in [-0.15, -0.1) is 0 Å². The second-order valence-electron chi connectivity index (χ2n) is 1.91. The quantitative estimate of drug-likeness (QED) is 0.381. The summed E-state index contributed by atoms with van der Waals surface area (Å²) in [5.74, 6) is 0. The van der Waals surface area contributed by atoms with Crippen molar-refractivity contribution in [3.8, 4) is 0 Å². The molecule has 0 saturated heterocycles. The van der Waals surface area contributed by atoms with Crippen LogP contribution in [0.3, 0.4) is 0 Å². The molecule has 0 rings (SSSR count). The van der Waals surface area contributed by atoms with Gasteiger partial charge in [-0.3, -0.25) is 0 Å². The summed E-state index contributed by atoms with van der Waals surface area (Å²) >= 11 is 0. The van der Waals surface area contributed by atoms with E-state index in [2.05, 4.69) is 13.8 Å². The number of hydrogen-bond acceptors (Lipinski definition) is 0. The fraction of sp³-hybridized carbons (Fsp3) is 0.857. The number of unbranched alkanes of at least 4 members (excludes halogenated alkanes) is 4. The molecule has 0 aliphatic heterocycles. The maximum atomic E-state index is 3.76. The van der Waals surface area contributed by atoms with Gasteiger partial charge in [0.1, 0.15) is 0 Å². The summed E-state index contributed by atoms with van der Waals surface area (Å²) in [5.41, 5.74) is 0. The van der Waals surface area contributed by atoms with E-state index in [1.165, 1.54) is 25.7 Å². The van der Waals surface area contributed by atoms with Crippen LogP contribution in [0, 0.1) is 6.92 Å². The van der Waals surface area contributed by atoms with E-state index in [1.807, 2.05) is 0 Å². The predicted octanol–water partition coefficient (Wildman–Crippen LogP) is 2.14. The van der Waals surface area contributed by atoms with Crippen molar-refractivity contribution < 1.29 is 0 Å². The average Bonchev–Trinajstić information content (AvgIpc) is 1.69. The van der Waals surface area contributed by atoms with Crippen molar-refractivity contribution in [3.63, 3.8) is 0 Å². The number of hydrogen-bond donors (Lipinski definition) is 0. The molecule has 0 aromatic carbocycles. The molecular formula is C7H16Li. The van der Waals surface area contributed by atoms with Crippen LogP contribution in [0.25, 0.3) is 0 Å². The first kappa shape index (κ1) is 11.4. The molecule has 0 aromatic heterocycles. The van der Waals surface area contributed by atoms with Crippen LogP contribution < -0.4 is 0 Å². The fourth-order valence-corrected chi connectivity index (χ4v) is 0.604. The van der Waals surface area contributed by atoms with Gasteiger partial charge in [-0.25, -0.2) is 0 Å². The molecule has 0 nitrogen and oxygen atoms in total. The Balaban J connectivity index is 0. The summed E-state index contributed by atoms with van der Waals surface area (Å²) in [6, 6.07) is 0. The van der Waals surface area contributed by atoms with E-state index >= 15 is 0 Å². The third kappa shape index (κ3) is 9.78. The molecule has 0 atom stereocenters. The van der Waals surface area contributed by atoms with Crippen LogP contribution in [0.5, 0.6) is 0 Å². The van der Waals surface area contributed by atoms with Crippen molar-refractivity contribution in [1.82, 2.24) is 0 Å². The molecule has 0 fully saturated rings. The van der Waals surface area contributed by atoms with E-state index in [0.717, 1.165) is 6.42 Å². The Bertz CT molecular complexity index is 23.6. The van der Waals surface area contributed by atoms with Gasteiger partial charge in [0, 0.05) is 0 Å². The molecular weight excluding hydrogens is 91.0 g/mol. The van der Waals surface area contributed by atoms with Gasteiger partial charge in [-0.2, -0.15) is 0 Å². The Morgan fingerprint density at radius 2 is 1.75 bits per heavy atom. The maximum absolute atomic E-state index is 3.76. The third-order valence-electron chi connectivity index (χ3n) is 1.10. The Morgan fingerprint density at radius 1 is 1.12 bits per heavy atom. The van der Waals surface area contributed by atoms with E-state index in [1.54, 1.807) is 0 Å². The molecule has 0 amide bonds. The topological polar surface area (TPSA) is 0 Å². The Morgan fingerprint density at radius 3 is 2.12 bits per heavy atom. The molecule has 8 heavy (non-hydrogen) atoms. The molecule has 0 unspecified atom stereocenters. The zero-order valence-electron chi connectivity index (χ0n) is 5.24. The first-order valence-electron chi connectivity index (χ1n) is 3.21. The average molecular weight is 107 g/mol. The minimum atomic E-state index is 0. The summed E-state index contributed by atoms with van der Waals surface area (Å²) in [6.07, 6.45) is 6.52. The van der Waals surface area contributed by atoms with E-state index in [4.69, 9.17) is 0 Å². The summed E-state index contributed by atoms with van der Waals surface area (Å²) in [5, 5.41) is 0. The first-order chi connectivity index (χ1) is 3.41. The van der Waals surface area contributed by atoms with Crippen LogP contribution in [0.15, 0.2) is 0 Å². The van der Waals surface area contributed by atoms with Gasteiger partial charge in [0.25, 0.3) is 0 Å². The van der Waals surface area contributed by atoms with Crippen molar-refractivity contribution in [2.75, 3.05) is 0 Å². The van der Waals surface area contributed by atoms with Crippen molar-refractivity contribution in [1.29, 1.82) is 0 Å². The normalized spacial score (nSPS) is 8.25. The molecule has 0 aliphatic rings. The van der Waals surface area contributed by atoms with E-state index < -0.39 is 0 Å².